The summed E-state index contributed by atoms with van der Waals surface area (Å²) in [7, 11) is 0. The van der Waals surface area contributed by atoms with E-state index in [1.54, 1.807) is 0 Å². The van der Waals surface area contributed by atoms with E-state index in [0.29, 0.717) is 0 Å². The first kappa shape index (κ1) is 28.4. The molecule has 0 N–H and O–H groups in total. The van der Waals surface area contributed by atoms with E-state index in [9.17, 15) is 0 Å². The van der Waals surface area contributed by atoms with Crippen LogP contribution >= 0.6 is 11.3 Å². The van der Waals surface area contributed by atoms with Crippen molar-refractivity contribution in [3.8, 4) is 22.5 Å². The van der Waals surface area contributed by atoms with Gasteiger partial charge in [-0.3, -0.25) is 0 Å². The zero-order chi connectivity index (χ0) is 32.9. The maximum atomic E-state index is 2.47. The van der Waals surface area contributed by atoms with Gasteiger partial charge in [0.1, 0.15) is 0 Å². The second-order valence-corrected chi connectivity index (χ2v) is 15.3. The third kappa shape index (κ3) is 4.25. The maximum Gasteiger partial charge on any atom is 0.0548 e. The van der Waals surface area contributed by atoms with Crippen LogP contribution in [0.3, 0.4) is 0 Å². The summed E-state index contributed by atoms with van der Waals surface area (Å²) in [4.78, 5) is 0. The third-order valence-electron chi connectivity index (χ3n) is 10.3. The molecule has 0 spiro atoms. The highest BCUT2D eigenvalue weighted by atomic mass is 32.1. The summed E-state index contributed by atoms with van der Waals surface area (Å²) in [5.74, 6) is 0. The number of thiophene rings is 1. The predicted octanol–water partition coefficient (Wildman–Crippen LogP) is 13.2. The lowest BCUT2D eigenvalue weighted by molar-refractivity contribution is 0.590. The van der Waals surface area contributed by atoms with Crippen molar-refractivity contribution < 1.29 is 0 Å². The summed E-state index contributed by atoms with van der Waals surface area (Å²) in [5.41, 5.74) is 11.2. The molecule has 0 saturated carbocycles. The largest absolute Gasteiger partial charge is 0.309 e. The third-order valence-corrected chi connectivity index (χ3v) is 11.4. The van der Waals surface area contributed by atoms with Gasteiger partial charge in [-0.05, 0) is 71.1 Å². The Bertz CT molecular complexity index is 2910. The van der Waals surface area contributed by atoms with Crippen LogP contribution < -0.4 is 0 Å². The number of para-hydroxylation sites is 3. The molecule has 0 atom stereocenters. The lowest BCUT2D eigenvalue weighted by Gasteiger charge is -2.20. The Kier molecular flexibility index (Phi) is 6.04. The average molecular weight is 647 g/mol. The minimum absolute atomic E-state index is 0.114. The van der Waals surface area contributed by atoms with E-state index < -0.39 is 0 Å². The molecule has 0 bridgehead atoms. The topological polar surface area (TPSA) is 9.86 Å². The summed E-state index contributed by atoms with van der Waals surface area (Å²) >= 11 is 1.88. The predicted molar refractivity (Wildman–Crippen MR) is 212 cm³/mol. The van der Waals surface area contributed by atoms with Gasteiger partial charge in [-0.2, -0.15) is 0 Å². The van der Waals surface area contributed by atoms with Crippen LogP contribution in [-0.2, 0) is 5.41 Å². The van der Waals surface area contributed by atoms with E-state index in [2.05, 4.69) is 182 Å². The SMILES string of the molecule is CC(C)(C)c1ccc(-c2ccccc2-n2c3ccccc3c3cc(-n4c5ccccc5c5cc6sc7ccccc7c6cc54)ccc32)cc1. The van der Waals surface area contributed by atoms with Crippen molar-refractivity contribution >= 4 is 75.1 Å². The highest BCUT2D eigenvalue weighted by Gasteiger charge is 2.20. The van der Waals surface area contributed by atoms with Crippen LogP contribution in [0.1, 0.15) is 26.3 Å². The molecule has 10 rings (SSSR count). The van der Waals surface area contributed by atoms with Crippen molar-refractivity contribution in [2.75, 3.05) is 0 Å². The van der Waals surface area contributed by atoms with Crippen LogP contribution in [0.4, 0.5) is 0 Å². The lowest BCUT2D eigenvalue weighted by Crippen LogP contribution is -2.10. The smallest absolute Gasteiger partial charge is 0.0548 e. The molecule has 0 aliphatic rings. The molecular weight excluding hydrogens is 613 g/mol. The summed E-state index contributed by atoms with van der Waals surface area (Å²) in [6.45, 7) is 6.81. The fourth-order valence-electron chi connectivity index (χ4n) is 7.89. The lowest BCUT2D eigenvalue weighted by atomic mass is 9.86. The first-order valence-electron chi connectivity index (χ1n) is 17.0. The van der Waals surface area contributed by atoms with Crippen LogP contribution in [0.25, 0.3) is 86.3 Å². The first-order valence-corrected chi connectivity index (χ1v) is 17.8. The van der Waals surface area contributed by atoms with Crippen molar-refractivity contribution in [3.05, 3.63) is 157 Å². The highest BCUT2D eigenvalue weighted by Crippen LogP contribution is 2.42. The first-order chi connectivity index (χ1) is 23.9. The molecular formula is C46H34N2S. The summed E-state index contributed by atoms with van der Waals surface area (Å²) in [5, 5.41) is 7.73. The molecule has 0 fully saturated rings. The van der Waals surface area contributed by atoms with Gasteiger partial charge >= 0.3 is 0 Å². The van der Waals surface area contributed by atoms with Gasteiger partial charge in [0, 0.05) is 53.0 Å². The van der Waals surface area contributed by atoms with Gasteiger partial charge in [-0.1, -0.05) is 118 Å². The molecule has 3 heteroatoms. The van der Waals surface area contributed by atoms with E-state index in [1.165, 1.54) is 91.8 Å². The van der Waals surface area contributed by atoms with E-state index in [-0.39, 0.29) is 5.41 Å². The molecule has 0 aliphatic carbocycles. The van der Waals surface area contributed by atoms with Crippen LogP contribution in [-0.4, -0.2) is 9.13 Å². The van der Waals surface area contributed by atoms with Crippen molar-refractivity contribution in [3.63, 3.8) is 0 Å². The second kappa shape index (κ2) is 10.4. The minimum atomic E-state index is 0.114. The van der Waals surface area contributed by atoms with Crippen LogP contribution in [0.5, 0.6) is 0 Å². The average Bonchev–Trinajstić information content (AvgIpc) is 3.77. The van der Waals surface area contributed by atoms with Crippen LogP contribution in [0, 0.1) is 0 Å². The van der Waals surface area contributed by atoms with Crippen molar-refractivity contribution in [1.82, 2.24) is 9.13 Å². The van der Waals surface area contributed by atoms with Gasteiger partial charge in [-0.25, -0.2) is 0 Å². The Labute approximate surface area is 289 Å². The number of fused-ring (bicyclic) bond motifs is 9. The second-order valence-electron chi connectivity index (χ2n) is 14.2. The van der Waals surface area contributed by atoms with Crippen molar-refractivity contribution in [1.29, 1.82) is 0 Å². The molecule has 0 amide bonds. The summed E-state index contributed by atoms with van der Waals surface area (Å²) < 4.78 is 7.59. The molecule has 7 aromatic carbocycles. The van der Waals surface area contributed by atoms with Gasteiger partial charge < -0.3 is 9.13 Å². The molecule has 49 heavy (non-hydrogen) atoms. The number of benzene rings is 7. The highest BCUT2D eigenvalue weighted by molar-refractivity contribution is 7.25. The zero-order valence-corrected chi connectivity index (χ0v) is 28.6. The molecule has 10 aromatic rings. The Morgan fingerprint density at radius 2 is 1.04 bits per heavy atom. The summed E-state index contributed by atoms with van der Waals surface area (Å²) in [6.07, 6.45) is 0. The van der Waals surface area contributed by atoms with E-state index in [0.717, 1.165) is 0 Å². The molecule has 2 nitrogen and oxygen atoms in total. The number of rotatable bonds is 3. The van der Waals surface area contributed by atoms with Gasteiger partial charge in [0.05, 0.1) is 27.8 Å². The van der Waals surface area contributed by atoms with E-state index >= 15 is 0 Å². The molecule has 0 saturated heterocycles. The number of nitrogens with zero attached hydrogens (tertiary/aromatic N) is 2. The summed E-state index contributed by atoms with van der Waals surface area (Å²) in [6, 6.07) is 56.3. The Morgan fingerprint density at radius 1 is 0.429 bits per heavy atom. The maximum absolute atomic E-state index is 2.47. The number of aromatic nitrogens is 2. The Hall–Kier alpha value is -5.64. The fourth-order valence-corrected chi connectivity index (χ4v) is 9.01. The van der Waals surface area contributed by atoms with Gasteiger partial charge in [0.15, 0.2) is 0 Å². The molecule has 0 radical (unpaired) electrons. The Balaban J connectivity index is 1.22. The number of hydrogen-bond acceptors (Lipinski definition) is 1. The van der Waals surface area contributed by atoms with Crippen molar-refractivity contribution in [2.45, 2.75) is 26.2 Å². The van der Waals surface area contributed by atoms with E-state index in [1.807, 2.05) is 11.3 Å². The molecule has 0 unspecified atom stereocenters. The van der Waals surface area contributed by atoms with E-state index in [4.69, 9.17) is 0 Å². The van der Waals surface area contributed by atoms with Gasteiger partial charge in [0.25, 0.3) is 0 Å². The van der Waals surface area contributed by atoms with Gasteiger partial charge in [-0.15, -0.1) is 11.3 Å². The zero-order valence-electron chi connectivity index (χ0n) is 27.7. The minimum Gasteiger partial charge on any atom is -0.309 e. The normalized spacial score (nSPS) is 12.4. The van der Waals surface area contributed by atoms with Crippen molar-refractivity contribution in [2.24, 2.45) is 0 Å². The van der Waals surface area contributed by atoms with Crippen LogP contribution in [0.15, 0.2) is 152 Å². The fraction of sp³-hybridized carbons (Fsp3) is 0.0870. The van der Waals surface area contributed by atoms with Crippen LogP contribution in [0.2, 0.25) is 0 Å². The molecule has 3 aromatic heterocycles. The number of hydrogen-bond donors (Lipinski definition) is 0. The Morgan fingerprint density at radius 3 is 1.80 bits per heavy atom. The molecule has 234 valence electrons. The quantitative estimate of drug-likeness (QED) is 0.181. The van der Waals surface area contributed by atoms with Gasteiger partial charge in [0.2, 0.25) is 0 Å². The molecule has 3 heterocycles. The standard InChI is InChI=1S/C46H34N2S/c1-46(2,3)30-22-20-29(21-23-30)32-12-4-8-16-39(32)48-41-18-10-6-13-33(41)36-26-31(24-25-42(36)48)47-40-17-9-5-14-34(40)37-28-45-38(27-43(37)47)35-15-7-11-19-44(35)49-45/h4-28H,1-3H3. The monoisotopic (exact) mass is 646 g/mol. The molecule has 0 aliphatic heterocycles.